The second-order valence-electron chi connectivity index (χ2n) is 6.61. The lowest BCUT2D eigenvalue weighted by molar-refractivity contribution is -0.122. The fourth-order valence-corrected chi connectivity index (χ4v) is 3.42. The number of aliphatic hydroxyl groups excluding tert-OH is 1. The van der Waals surface area contributed by atoms with E-state index in [2.05, 4.69) is 5.32 Å². The number of nitrogens with one attached hydrogen (secondary N) is 1. The molecule has 0 heterocycles. The lowest BCUT2D eigenvalue weighted by Gasteiger charge is -2.28. The van der Waals surface area contributed by atoms with Crippen molar-refractivity contribution < 1.29 is 14.6 Å². The quantitative estimate of drug-likeness (QED) is 0.662. The van der Waals surface area contributed by atoms with Crippen molar-refractivity contribution in [3.8, 4) is 0 Å². The second-order valence-corrected chi connectivity index (χ2v) is 6.61. The van der Waals surface area contributed by atoms with Crippen LogP contribution in [0, 0.1) is 5.92 Å². The van der Waals surface area contributed by atoms with Crippen molar-refractivity contribution in [2.45, 2.75) is 76.0 Å². The number of rotatable bonds is 7. The number of carbonyl (C=O) groups is 1. The van der Waals surface area contributed by atoms with Crippen LogP contribution >= 0.6 is 0 Å². The summed E-state index contributed by atoms with van der Waals surface area (Å²) >= 11 is 0. The molecule has 1 atom stereocenters. The van der Waals surface area contributed by atoms with Crippen LogP contribution in [0.15, 0.2) is 0 Å². The van der Waals surface area contributed by atoms with E-state index in [4.69, 9.17) is 10.5 Å². The average Bonchev–Trinajstić information content (AvgIpc) is 2.52. The summed E-state index contributed by atoms with van der Waals surface area (Å²) in [6.45, 7) is 0.993. The zero-order valence-corrected chi connectivity index (χ0v) is 12.9. The summed E-state index contributed by atoms with van der Waals surface area (Å²) in [7, 11) is 0. The van der Waals surface area contributed by atoms with E-state index in [9.17, 15) is 9.90 Å². The first-order valence-corrected chi connectivity index (χ1v) is 8.47. The number of nitrogens with two attached hydrogens (primary N) is 1. The molecule has 5 nitrogen and oxygen atoms in total. The van der Waals surface area contributed by atoms with E-state index in [1.807, 2.05) is 0 Å². The molecular weight excluding hydrogens is 268 g/mol. The number of amides is 1. The molecule has 1 unspecified atom stereocenters. The van der Waals surface area contributed by atoms with Crippen LogP contribution in [0.25, 0.3) is 0 Å². The van der Waals surface area contributed by atoms with Crippen LogP contribution in [-0.2, 0) is 9.53 Å². The standard InChI is InChI=1S/C16H30N2O3/c17-16(20)12-6-8-13(9-7-12)18-10-14(19)11-21-15-4-2-1-3-5-15/h12-15,18-19H,1-11H2,(H2,17,20). The Morgan fingerprint density at radius 3 is 2.43 bits per heavy atom. The van der Waals surface area contributed by atoms with Gasteiger partial charge in [0.05, 0.1) is 18.8 Å². The normalized spacial score (nSPS) is 29.2. The third kappa shape index (κ3) is 5.93. The van der Waals surface area contributed by atoms with Crippen molar-refractivity contribution in [2.75, 3.05) is 13.2 Å². The highest BCUT2D eigenvalue weighted by molar-refractivity contribution is 5.76. The molecule has 0 aromatic carbocycles. The van der Waals surface area contributed by atoms with Gasteiger partial charge in [-0.2, -0.15) is 0 Å². The minimum absolute atomic E-state index is 0.0441. The molecule has 4 N–H and O–H groups in total. The van der Waals surface area contributed by atoms with Gasteiger partial charge in [0.2, 0.25) is 5.91 Å². The summed E-state index contributed by atoms with van der Waals surface area (Å²) in [5.41, 5.74) is 5.33. The topological polar surface area (TPSA) is 84.6 Å². The van der Waals surface area contributed by atoms with Gasteiger partial charge in [-0.3, -0.25) is 4.79 Å². The van der Waals surface area contributed by atoms with Crippen LogP contribution in [0.2, 0.25) is 0 Å². The maximum Gasteiger partial charge on any atom is 0.220 e. The number of ether oxygens (including phenoxy) is 1. The van der Waals surface area contributed by atoms with Crippen molar-refractivity contribution in [1.29, 1.82) is 0 Å². The van der Waals surface area contributed by atoms with Crippen LogP contribution in [-0.4, -0.2) is 42.4 Å². The highest BCUT2D eigenvalue weighted by Gasteiger charge is 2.24. The van der Waals surface area contributed by atoms with Crippen LogP contribution in [0.3, 0.4) is 0 Å². The van der Waals surface area contributed by atoms with Crippen molar-refractivity contribution in [1.82, 2.24) is 5.32 Å². The van der Waals surface area contributed by atoms with Crippen LogP contribution < -0.4 is 11.1 Å². The minimum Gasteiger partial charge on any atom is -0.389 e. The lowest BCUT2D eigenvalue weighted by atomic mass is 9.85. The Bertz CT molecular complexity index is 311. The lowest BCUT2D eigenvalue weighted by Crippen LogP contribution is -2.41. The van der Waals surface area contributed by atoms with Crippen molar-refractivity contribution >= 4 is 5.91 Å². The molecule has 1 amide bonds. The summed E-state index contributed by atoms with van der Waals surface area (Å²) in [5.74, 6) is -0.128. The fraction of sp³-hybridized carbons (Fsp3) is 0.938. The summed E-state index contributed by atoms with van der Waals surface area (Å²) < 4.78 is 5.78. The van der Waals surface area contributed by atoms with E-state index in [1.54, 1.807) is 0 Å². The van der Waals surface area contributed by atoms with Gasteiger partial charge in [-0.25, -0.2) is 0 Å². The highest BCUT2D eigenvalue weighted by atomic mass is 16.5. The van der Waals surface area contributed by atoms with E-state index >= 15 is 0 Å². The Kier molecular flexibility index (Phi) is 6.93. The van der Waals surface area contributed by atoms with Gasteiger partial charge < -0.3 is 20.9 Å². The SMILES string of the molecule is NC(=O)C1CCC(NCC(O)COC2CCCCC2)CC1. The first-order valence-electron chi connectivity index (χ1n) is 8.47. The number of hydrogen-bond acceptors (Lipinski definition) is 4. The summed E-state index contributed by atoms with van der Waals surface area (Å²) in [5, 5.41) is 13.4. The van der Waals surface area contributed by atoms with Crippen molar-refractivity contribution in [3.05, 3.63) is 0 Å². The molecule has 21 heavy (non-hydrogen) atoms. The van der Waals surface area contributed by atoms with Crippen molar-refractivity contribution in [3.63, 3.8) is 0 Å². The molecule has 0 radical (unpaired) electrons. The first kappa shape index (κ1) is 16.7. The Morgan fingerprint density at radius 2 is 1.81 bits per heavy atom. The summed E-state index contributed by atoms with van der Waals surface area (Å²) in [6.07, 6.45) is 9.65. The maximum absolute atomic E-state index is 11.1. The molecule has 122 valence electrons. The molecule has 0 aromatic heterocycles. The predicted molar refractivity (Wildman–Crippen MR) is 81.8 cm³/mol. The molecule has 2 saturated carbocycles. The average molecular weight is 298 g/mol. The van der Waals surface area contributed by atoms with E-state index in [0.29, 0.717) is 25.3 Å². The second kappa shape index (κ2) is 8.71. The van der Waals surface area contributed by atoms with Crippen LogP contribution in [0.1, 0.15) is 57.8 Å². The summed E-state index contributed by atoms with van der Waals surface area (Å²) in [4.78, 5) is 11.1. The molecule has 2 aliphatic carbocycles. The highest BCUT2D eigenvalue weighted by Crippen LogP contribution is 2.24. The molecule has 2 fully saturated rings. The van der Waals surface area contributed by atoms with E-state index in [0.717, 1.165) is 38.5 Å². The van der Waals surface area contributed by atoms with Gasteiger partial charge in [0, 0.05) is 18.5 Å². The molecule has 0 bridgehead atoms. The fourth-order valence-electron chi connectivity index (χ4n) is 3.42. The Balaban J connectivity index is 1.54. The smallest absolute Gasteiger partial charge is 0.220 e. The van der Waals surface area contributed by atoms with Gasteiger partial charge in [-0.1, -0.05) is 19.3 Å². The Morgan fingerprint density at radius 1 is 1.14 bits per heavy atom. The first-order chi connectivity index (χ1) is 10.1. The van der Waals surface area contributed by atoms with Gasteiger partial charge in [-0.15, -0.1) is 0 Å². The zero-order valence-electron chi connectivity index (χ0n) is 12.9. The van der Waals surface area contributed by atoms with Gasteiger partial charge in [0.1, 0.15) is 0 Å². The van der Waals surface area contributed by atoms with Gasteiger partial charge in [0.15, 0.2) is 0 Å². The largest absolute Gasteiger partial charge is 0.389 e. The van der Waals surface area contributed by atoms with Crippen molar-refractivity contribution in [2.24, 2.45) is 11.7 Å². The molecule has 0 aromatic rings. The minimum atomic E-state index is -0.444. The predicted octanol–water partition coefficient (Wildman–Crippen LogP) is 1.33. The number of carbonyl (C=O) groups excluding carboxylic acids is 1. The molecule has 2 rings (SSSR count). The van der Waals surface area contributed by atoms with Gasteiger partial charge in [0.25, 0.3) is 0 Å². The van der Waals surface area contributed by atoms with Gasteiger partial charge >= 0.3 is 0 Å². The molecule has 0 saturated heterocycles. The summed E-state index contributed by atoms with van der Waals surface area (Å²) in [6, 6.07) is 0.393. The molecule has 0 aliphatic heterocycles. The molecule has 0 spiro atoms. The van der Waals surface area contributed by atoms with E-state index in [-0.39, 0.29) is 11.8 Å². The molecule has 5 heteroatoms. The van der Waals surface area contributed by atoms with Crippen LogP contribution in [0.4, 0.5) is 0 Å². The third-order valence-corrected chi connectivity index (χ3v) is 4.85. The van der Waals surface area contributed by atoms with E-state index in [1.165, 1.54) is 19.3 Å². The Hall–Kier alpha value is -0.650. The zero-order chi connectivity index (χ0) is 15.1. The van der Waals surface area contributed by atoms with E-state index < -0.39 is 6.10 Å². The third-order valence-electron chi connectivity index (χ3n) is 4.85. The monoisotopic (exact) mass is 298 g/mol. The number of hydrogen-bond donors (Lipinski definition) is 3. The number of aliphatic hydroxyl groups is 1. The Labute approximate surface area is 127 Å². The van der Waals surface area contributed by atoms with Gasteiger partial charge in [-0.05, 0) is 38.5 Å². The number of primary amides is 1. The molecular formula is C16H30N2O3. The maximum atomic E-state index is 11.1. The molecule has 2 aliphatic rings. The van der Waals surface area contributed by atoms with Crippen LogP contribution in [0.5, 0.6) is 0 Å².